The van der Waals surface area contributed by atoms with Gasteiger partial charge in [0.05, 0.1) is 11.2 Å². The van der Waals surface area contributed by atoms with Crippen LogP contribution in [-0.4, -0.2) is 24.3 Å². The molecule has 1 aliphatic carbocycles. The molecule has 0 bridgehead atoms. The highest BCUT2D eigenvalue weighted by Gasteiger charge is 2.52. The monoisotopic (exact) mass is 225 g/mol. The Morgan fingerprint density at radius 2 is 1.81 bits per heavy atom. The van der Waals surface area contributed by atoms with Crippen molar-refractivity contribution in [2.45, 2.75) is 64.6 Å². The maximum atomic E-state index is 6.51. The maximum Gasteiger partial charge on any atom is 0.0820 e. The first-order chi connectivity index (χ1) is 7.55. The number of morpholine rings is 1. The summed E-state index contributed by atoms with van der Waals surface area (Å²) in [5, 5.41) is 3.60. The molecule has 2 aliphatic rings. The van der Waals surface area contributed by atoms with Gasteiger partial charge < -0.3 is 10.1 Å². The summed E-state index contributed by atoms with van der Waals surface area (Å²) in [4.78, 5) is 0. The normalized spacial score (nSPS) is 37.7. The van der Waals surface area contributed by atoms with E-state index >= 15 is 0 Å². The van der Waals surface area contributed by atoms with Crippen LogP contribution in [0.15, 0.2) is 0 Å². The maximum absolute atomic E-state index is 6.51. The molecule has 0 atom stereocenters. The van der Waals surface area contributed by atoms with Crippen LogP contribution in [0.4, 0.5) is 0 Å². The van der Waals surface area contributed by atoms with Crippen LogP contribution in [0, 0.1) is 11.8 Å². The molecule has 1 N–H and O–H groups in total. The Morgan fingerprint density at radius 1 is 1.19 bits per heavy atom. The number of rotatable bonds is 3. The van der Waals surface area contributed by atoms with Crippen LogP contribution >= 0.6 is 0 Å². The van der Waals surface area contributed by atoms with Crippen molar-refractivity contribution in [1.29, 1.82) is 0 Å². The van der Waals surface area contributed by atoms with Crippen molar-refractivity contribution in [3.05, 3.63) is 0 Å². The molecule has 0 aromatic rings. The lowest BCUT2D eigenvalue weighted by Gasteiger charge is -2.57. The SMILES string of the molecule is CCC1(CC)CNCC2(CC(C(C)C)C2)O1. The standard InChI is InChI=1S/C14H27NO/c1-5-13(6-2)9-15-10-14(16-13)7-12(8-14)11(3)4/h11-12,15H,5-10H2,1-4H3. The molecule has 2 nitrogen and oxygen atoms in total. The number of hydrogen-bond acceptors (Lipinski definition) is 2. The highest BCUT2D eigenvalue weighted by molar-refractivity contribution is 5.04. The lowest BCUT2D eigenvalue weighted by atomic mass is 9.65. The van der Waals surface area contributed by atoms with Crippen LogP contribution in [0.2, 0.25) is 0 Å². The summed E-state index contributed by atoms with van der Waals surface area (Å²) in [5.74, 6) is 1.69. The molecule has 16 heavy (non-hydrogen) atoms. The van der Waals surface area contributed by atoms with Crippen molar-refractivity contribution in [1.82, 2.24) is 5.32 Å². The van der Waals surface area contributed by atoms with Gasteiger partial charge in [-0.2, -0.15) is 0 Å². The molecule has 0 aromatic heterocycles. The van der Waals surface area contributed by atoms with E-state index in [0.29, 0.717) is 0 Å². The van der Waals surface area contributed by atoms with Crippen LogP contribution in [-0.2, 0) is 4.74 Å². The predicted molar refractivity (Wildman–Crippen MR) is 67.6 cm³/mol. The summed E-state index contributed by atoms with van der Waals surface area (Å²) in [6, 6.07) is 0. The van der Waals surface area contributed by atoms with Gasteiger partial charge in [0.15, 0.2) is 0 Å². The van der Waals surface area contributed by atoms with E-state index in [4.69, 9.17) is 4.74 Å². The average Bonchev–Trinajstić information content (AvgIpc) is 2.25. The van der Waals surface area contributed by atoms with Gasteiger partial charge in [-0.3, -0.25) is 0 Å². The van der Waals surface area contributed by atoms with Gasteiger partial charge in [0.2, 0.25) is 0 Å². The van der Waals surface area contributed by atoms with Crippen molar-refractivity contribution in [3.8, 4) is 0 Å². The third-order valence-corrected chi connectivity index (χ3v) is 4.83. The second kappa shape index (κ2) is 4.30. The average molecular weight is 225 g/mol. The highest BCUT2D eigenvalue weighted by atomic mass is 16.5. The Hall–Kier alpha value is -0.0800. The molecular formula is C14H27NO. The fourth-order valence-corrected chi connectivity index (χ4v) is 3.29. The summed E-state index contributed by atoms with van der Waals surface area (Å²) in [6.45, 7) is 11.3. The van der Waals surface area contributed by atoms with Gasteiger partial charge >= 0.3 is 0 Å². The van der Waals surface area contributed by atoms with Crippen molar-refractivity contribution in [3.63, 3.8) is 0 Å². The summed E-state index contributed by atoms with van der Waals surface area (Å²) >= 11 is 0. The van der Waals surface area contributed by atoms with E-state index in [-0.39, 0.29) is 11.2 Å². The molecule has 1 saturated carbocycles. The summed E-state index contributed by atoms with van der Waals surface area (Å²) in [7, 11) is 0. The van der Waals surface area contributed by atoms with E-state index in [1.54, 1.807) is 0 Å². The van der Waals surface area contributed by atoms with Gasteiger partial charge in [0, 0.05) is 13.1 Å². The van der Waals surface area contributed by atoms with Crippen LogP contribution in [0.25, 0.3) is 0 Å². The lowest BCUT2D eigenvalue weighted by Crippen LogP contribution is -2.65. The lowest BCUT2D eigenvalue weighted by molar-refractivity contribution is -0.233. The zero-order valence-corrected chi connectivity index (χ0v) is 11.3. The molecule has 1 saturated heterocycles. The summed E-state index contributed by atoms with van der Waals surface area (Å²) in [6.07, 6.45) is 4.79. The van der Waals surface area contributed by atoms with E-state index in [2.05, 4.69) is 33.0 Å². The Kier molecular flexibility index (Phi) is 3.33. The van der Waals surface area contributed by atoms with Crippen molar-refractivity contribution in [2.75, 3.05) is 13.1 Å². The summed E-state index contributed by atoms with van der Waals surface area (Å²) in [5.41, 5.74) is 0.291. The minimum Gasteiger partial charge on any atom is -0.366 e. The molecule has 1 aliphatic heterocycles. The first-order valence-corrected chi connectivity index (χ1v) is 6.96. The zero-order valence-electron chi connectivity index (χ0n) is 11.3. The molecule has 1 spiro atoms. The largest absolute Gasteiger partial charge is 0.366 e. The van der Waals surface area contributed by atoms with E-state index in [9.17, 15) is 0 Å². The first-order valence-electron chi connectivity index (χ1n) is 6.96. The fraction of sp³-hybridized carbons (Fsp3) is 1.00. The molecule has 0 amide bonds. The molecule has 94 valence electrons. The summed E-state index contributed by atoms with van der Waals surface area (Å²) < 4.78 is 6.51. The van der Waals surface area contributed by atoms with Gasteiger partial charge in [-0.1, -0.05) is 27.7 Å². The quantitative estimate of drug-likeness (QED) is 0.797. The van der Waals surface area contributed by atoms with Crippen LogP contribution < -0.4 is 5.32 Å². The van der Waals surface area contributed by atoms with Gasteiger partial charge in [-0.05, 0) is 37.5 Å². The van der Waals surface area contributed by atoms with Crippen LogP contribution in [0.5, 0.6) is 0 Å². The first kappa shape index (κ1) is 12.4. The third kappa shape index (κ3) is 2.02. The number of nitrogens with one attached hydrogen (secondary N) is 1. The van der Waals surface area contributed by atoms with Crippen LogP contribution in [0.3, 0.4) is 0 Å². The van der Waals surface area contributed by atoms with Gasteiger partial charge in [0.1, 0.15) is 0 Å². The Labute approximate surface area is 100 Å². The van der Waals surface area contributed by atoms with E-state index in [1.807, 2.05) is 0 Å². The molecule has 1 heterocycles. The highest BCUT2D eigenvalue weighted by Crippen LogP contribution is 2.48. The number of ether oxygens (including phenoxy) is 1. The Bertz CT molecular complexity index is 239. The van der Waals surface area contributed by atoms with E-state index in [1.165, 1.54) is 12.8 Å². The van der Waals surface area contributed by atoms with E-state index < -0.39 is 0 Å². The molecule has 2 rings (SSSR count). The van der Waals surface area contributed by atoms with Crippen LogP contribution in [0.1, 0.15) is 53.4 Å². The molecule has 2 heteroatoms. The molecular weight excluding hydrogens is 198 g/mol. The zero-order chi connectivity index (χ0) is 11.8. The van der Waals surface area contributed by atoms with Gasteiger partial charge in [-0.25, -0.2) is 0 Å². The molecule has 0 unspecified atom stereocenters. The molecule has 2 fully saturated rings. The third-order valence-electron chi connectivity index (χ3n) is 4.83. The minimum absolute atomic E-state index is 0.111. The van der Waals surface area contributed by atoms with Crippen molar-refractivity contribution < 1.29 is 4.74 Å². The fourth-order valence-electron chi connectivity index (χ4n) is 3.29. The van der Waals surface area contributed by atoms with Gasteiger partial charge in [-0.15, -0.1) is 0 Å². The molecule has 0 radical (unpaired) electrons. The Morgan fingerprint density at radius 3 is 2.31 bits per heavy atom. The smallest absolute Gasteiger partial charge is 0.0820 e. The van der Waals surface area contributed by atoms with Gasteiger partial charge in [0.25, 0.3) is 0 Å². The topological polar surface area (TPSA) is 21.3 Å². The second-order valence-corrected chi connectivity index (χ2v) is 6.19. The van der Waals surface area contributed by atoms with E-state index in [0.717, 1.165) is 37.8 Å². The predicted octanol–water partition coefficient (Wildman–Crippen LogP) is 2.97. The minimum atomic E-state index is 0.111. The molecule has 0 aromatic carbocycles. The van der Waals surface area contributed by atoms with Crippen molar-refractivity contribution >= 4 is 0 Å². The second-order valence-electron chi connectivity index (χ2n) is 6.19. The number of hydrogen-bond donors (Lipinski definition) is 1. The Balaban J connectivity index is 1.98. The van der Waals surface area contributed by atoms with Crippen molar-refractivity contribution in [2.24, 2.45) is 11.8 Å².